The summed E-state index contributed by atoms with van der Waals surface area (Å²) in [5, 5.41) is 0. The van der Waals surface area contributed by atoms with Gasteiger partial charge in [-0.2, -0.15) is 0 Å². The summed E-state index contributed by atoms with van der Waals surface area (Å²) in [7, 11) is 1.43. The zero-order valence-corrected chi connectivity index (χ0v) is 24.4. The van der Waals surface area contributed by atoms with Crippen LogP contribution in [-0.2, 0) is 19.1 Å². The predicted molar refractivity (Wildman–Crippen MR) is 152 cm³/mol. The lowest BCUT2D eigenvalue weighted by molar-refractivity contribution is -0.140. The van der Waals surface area contributed by atoms with E-state index in [4.69, 9.17) is 18.9 Å². The maximum absolute atomic E-state index is 13.9. The van der Waals surface area contributed by atoms with E-state index in [-0.39, 0.29) is 35.2 Å². The second kappa shape index (κ2) is 12.3. The van der Waals surface area contributed by atoms with Crippen molar-refractivity contribution in [3.8, 4) is 17.2 Å². The zero-order chi connectivity index (χ0) is 29.8. The Hall–Kier alpha value is -4.51. The second-order valence-corrected chi connectivity index (χ2v) is 10.8. The van der Waals surface area contributed by atoms with Gasteiger partial charge in [0, 0.05) is 13.8 Å². The van der Waals surface area contributed by atoms with Crippen molar-refractivity contribution in [3.05, 3.63) is 84.5 Å². The van der Waals surface area contributed by atoms with Crippen molar-refractivity contribution in [2.24, 2.45) is 10.9 Å². The molecule has 0 aliphatic carbocycles. The number of esters is 3. The van der Waals surface area contributed by atoms with Crippen LogP contribution in [0, 0.1) is 5.92 Å². The number of allylic oxidation sites excluding steroid dienone is 1. The van der Waals surface area contributed by atoms with Gasteiger partial charge in [-0.1, -0.05) is 43.4 Å². The molecule has 10 nitrogen and oxygen atoms in total. The van der Waals surface area contributed by atoms with Gasteiger partial charge in [-0.05, 0) is 54.3 Å². The quantitative estimate of drug-likeness (QED) is 0.295. The van der Waals surface area contributed by atoms with Crippen LogP contribution in [0.15, 0.2) is 63.5 Å². The van der Waals surface area contributed by atoms with E-state index in [1.807, 2.05) is 13.8 Å². The highest BCUT2D eigenvalue weighted by molar-refractivity contribution is 7.07. The van der Waals surface area contributed by atoms with Crippen LogP contribution in [-0.4, -0.2) is 36.2 Å². The van der Waals surface area contributed by atoms with Gasteiger partial charge >= 0.3 is 17.9 Å². The van der Waals surface area contributed by atoms with Crippen molar-refractivity contribution in [2.75, 3.05) is 13.7 Å². The molecule has 0 fully saturated rings. The summed E-state index contributed by atoms with van der Waals surface area (Å²) >= 11 is 1.17. The van der Waals surface area contributed by atoms with E-state index in [1.54, 1.807) is 55.5 Å². The second-order valence-electron chi connectivity index (χ2n) is 9.74. The lowest BCUT2D eigenvalue weighted by Gasteiger charge is -2.25. The Kier molecular flexibility index (Phi) is 8.87. The topological polar surface area (TPSA) is 122 Å². The summed E-state index contributed by atoms with van der Waals surface area (Å²) in [5.74, 6) is -0.649. The van der Waals surface area contributed by atoms with Gasteiger partial charge in [-0.25, -0.2) is 9.79 Å². The van der Waals surface area contributed by atoms with E-state index in [0.29, 0.717) is 31.9 Å². The molecule has 0 amide bonds. The first-order valence-electron chi connectivity index (χ1n) is 12.8. The van der Waals surface area contributed by atoms with Crippen molar-refractivity contribution < 1.29 is 33.3 Å². The zero-order valence-electron chi connectivity index (χ0n) is 23.5. The Bertz CT molecular complexity index is 1730. The first kappa shape index (κ1) is 29.5. The van der Waals surface area contributed by atoms with Crippen LogP contribution in [0.4, 0.5) is 0 Å². The summed E-state index contributed by atoms with van der Waals surface area (Å²) in [4.78, 5) is 55.3. The summed E-state index contributed by atoms with van der Waals surface area (Å²) in [6.45, 7) is 8.34. The number of ether oxygens (including phenoxy) is 4. The Morgan fingerprint density at radius 1 is 1.05 bits per heavy atom. The number of carbonyl (C=O) groups excluding carboxylic acids is 3. The van der Waals surface area contributed by atoms with Crippen molar-refractivity contribution in [1.29, 1.82) is 0 Å². The summed E-state index contributed by atoms with van der Waals surface area (Å²) in [5.41, 5.74) is 1.43. The molecular formula is C30H30N2O8S. The van der Waals surface area contributed by atoms with E-state index in [9.17, 15) is 19.2 Å². The molecule has 2 aromatic carbocycles. The molecular weight excluding hydrogens is 548 g/mol. The average Bonchev–Trinajstić information content (AvgIpc) is 3.20. The highest BCUT2D eigenvalue weighted by atomic mass is 32.1. The monoisotopic (exact) mass is 578 g/mol. The van der Waals surface area contributed by atoms with Gasteiger partial charge in [0.25, 0.3) is 5.56 Å². The number of carbonyl (C=O) groups is 3. The molecule has 214 valence electrons. The van der Waals surface area contributed by atoms with Crippen molar-refractivity contribution in [2.45, 2.75) is 40.7 Å². The molecule has 1 unspecified atom stereocenters. The molecule has 4 rings (SSSR count). The Morgan fingerprint density at radius 2 is 1.78 bits per heavy atom. The van der Waals surface area contributed by atoms with Crippen LogP contribution in [0.5, 0.6) is 17.2 Å². The minimum absolute atomic E-state index is 0.102. The molecule has 1 aromatic heterocycles. The van der Waals surface area contributed by atoms with Crippen LogP contribution in [0.3, 0.4) is 0 Å². The van der Waals surface area contributed by atoms with Crippen molar-refractivity contribution in [3.63, 3.8) is 0 Å². The largest absolute Gasteiger partial charge is 0.493 e. The maximum atomic E-state index is 13.9. The van der Waals surface area contributed by atoms with Gasteiger partial charge in [-0.15, -0.1) is 0 Å². The number of hydrogen-bond acceptors (Lipinski definition) is 10. The van der Waals surface area contributed by atoms with Gasteiger partial charge in [0.2, 0.25) is 0 Å². The molecule has 1 atom stereocenters. The molecule has 41 heavy (non-hydrogen) atoms. The lowest BCUT2D eigenvalue weighted by Crippen LogP contribution is -2.40. The lowest BCUT2D eigenvalue weighted by atomic mass is 9.95. The summed E-state index contributed by atoms with van der Waals surface area (Å²) in [6, 6.07) is 10.7. The SMILES string of the molecule is COc1cc(C2C(C(=O)OCC(C)C)=C(C)N=c3sc(=Cc4cccc(OC(C)=O)c4)c(=O)n32)ccc1OC(C)=O. The first-order chi connectivity index (χ1) is 19.5. The number of rotatable bonds is 8. The van der Waals surface area contributed by atoms with Gasteiger partial charge in [0.05, 0.1) is 35.6 Å². The number of hydrogen-bond donors (Lipinski definition) is 0. The Balaban J connectivity index is 1.90. The number of methoxy groups -OCH3 is 1. The molecule has 2 heterocycles. The number of nitrogens with zero attached hydrogens (tertiary/aromatic N) is 2. The van der Waals surface area contributed by atoms with Crippen molar-refractivity contribution >= 4 is 35.3 Å². The molecule has 3 aromatic rings. The van der Waals surface area contributed by atoms with Gasteiger partial charge in [0.1, 0.15) is 5.75 Å². The summed E-state index contributed by atoms with van der Waals surface area (Å²) < 4.78 is 23.3. The van der Waals surface area contributed by atoms with E-state index >= 15 is 0 Å². The number of aromatic nitrogens is 1. The van der Waals surface area contributed by atoms with Crippen LogP contribution in [0.1, 0.15) is 51.8 Å². The smallest absolute Gasteiger partial charge is 0.338 e. The standard InChI is InChI=1S/C30H30N2O8S/c1-16(2)15-38-29(36)26-17(3)31-30-32(27(26)21-10-11-23(40-19(5)34)24(14-21)37-6)28(35)25(41-30)13-20-8-7-9-22(12-20)39-18(4)33/h7-14,16,27H,15H2,1-6H3. The average molecular weight is 579 g/mol. The molecule has 1 aliphatic heterocycles. The number of fused-ring (bicyclic) bond motifs is 1. The third-order valence-electron chi connectivity index (χ3n) is 5.96. The Morgan fingerprint density at radius 3 is 2.44 bits per heavy atom. The Labute approximate surface area is 240 Å². The molecule has 1 aliphatic rings. The summed E-state index contributed by atoms with van der Waals surface area (Å²) in [6.07, 6.45) is 1.67. The minimum Gasteiger partial charge on any atom is -0.493 e. The third kappa shape index (κ3) is 6.63. The molecule has 0 saturated carbocycles. The van der Waals surface area contributed by atoms with Gasteiger partial charge < -0.3 is 18.9 Å². The highest BCUT2D eigenvalue weighted by Crippen LogP contribution is 2.36. The highest BCUT2D eigenvalue weighted by Gasteiger charge is 2.34. The van der Waals surface area contributed by atoms with Gasteiger partial charge in [0.15, 0.2) is 16.3 Å². The van der Waals surface area contributed by atoms with E-state index < -0.39 is 23.9 Å². The fourth-order valence-electron chi connectivity index (χ4n) is 4.30. The number of thiazole rings is 1. The third-order valence-corrected chi connectivity index (χ3v) is 6.95. The first-order valence-corrected chi connectivity index (χ1v) is 13.6. The van der Waals surface area contributed by atoms with Crippen LogP contribution in [0.2, 0.25) is 0 Å². The van der Waals surface area contributed by atoms with Gasteiger partial charge in [-0.3, -0.25) is 19.0 Å². The maximum Gasteiger partial charge on any atom is 0.338 e. The van der Waals surface area contributed by atoms with E-state index in [2.05, 4.69) is 4.99 Å². The molecule has 0 radical (unpaired) electrons. The number of benzene rings is 2. The predicted octanol–water partition coefficient (Wildman–Crippen LogP) is 3.29. The normalized spacial score (nSPS) is 14.8. The molecule has 0 N–H and O–H groups in total. The fourth-order valence-corrected chi connectivity index (χ4v) is 5.34. The molecule has 0 saturated heterocycles. The van der Waals surface area contributed by atoms with Crippen LogP contribution >= 0.6 is 11.3 Å². The molecule has 0 bridgehead atoms. The van der Waals surface area contributed by atoms with Crippen molar-refractivity contribution in [1.82, 2.24) is 4.57 Å². The van der Waals surface area contributed by atoms with Crippen LogP contribution in [0.25, 0.3) is 6.08 Å². The fraction of sp³-hybridized carbons (Fsp3) is 0.300. The molecule has 11 heteroatoms. The van der Waals surface area contributed by atoms with E-state index in [1.165, 1.54) is 36.9 Å². The van der Waals surface area contributed by atoms with E-state index in [0.717, 1.165) is 0 Å². The minimum atomic E-state index is -0.888. The van der Waals surface area contributed by atoms with Crippen LogP contribution < -0.4 is 29.1 Å². The molecule has 0 spiro atoms.